The third-order valence-corrected chi connectivity index (χ3v) is 2.63. The molecule has 0 bridgehead atoms. The van der Waals surface area contributed by atoms with Crippen molar-refractivity contribution in [3.8, 4) is 5.75 Å². The van der Waals surface area contributed by atoms with Crippen molar-refractivity contribution < 1.29 is 9.13 Å². The van der Waals surface area contributed by atoms with Crippen molar-refractivity contribution in [2.45, 2.75) is 32.7 Å². The van der Waals surface area contributed by atoms with Crippen molar-refractivity contribution in [2.75, 3.05) is 13.7 Å². The van der Waals surface area contributed by atoms with Crippen LogP contribution in [0.3, 0.4) is 0 Å². The number of halogens is 1. The zero-order valence-electron chi connectivity index (χ0n) is 10.2. The molecule has 0 amide bonds. The first kappa shape index (κ1) is 13.0. The normalized spacial score (nSPS) is 12.5. The van der Waals surface area contributed by atoms with Gasteiger partial charge >= 0.3 is 0 Å². The van der Waals surface area contributed by atoms with Gasteiger partial charge in [-0.15, -0.1) is 0 Å². The summed E-state index contributed by atoms with van der Waals surface area (Å²) in [5, 5.41) is 3.20. The highest BCUT2D eigenvalue weighted by Gasteiger charge is 2.06. The molecule has 0 saturated heterocycles. The molecule has 0 saturated carbocycles. The average molecular weight is 225 g/mol. The van der Waals surface area contributed by atoms with Crippen molar-refractivity contribution in [3.05, 3.63) is 29.6 Å². The van der Waals surface area contributed by atoms with E-state index in [-0.39, 0.29) is 5.82 Å². The molecule has 3 heteroatoms. The Morgan fingerprint density at radius 3 is 2.75 bits per heavy atom. The zero-order valence-corrected chi connectivity index (χ0v) is 10.2. The Hall–Kier alpha value is -1.09. The molecule has 1 aromatic carbocycles. The molecule has 1 aromatic rings. The quantitative estimate of drug-likeness (QED) is 0.803. The first-order valence-corrected chi connectivity index (χ1v) is 5.73. The molecular weight excluding hydrogens is 205 g/mol. The molecule has 0 aliphatic rings. The van der Waals surface area contributed by atoms with Crippen LogP contribution in [0.4, 0.5) is 4.39 Å². The summed E-state index contributed by atoms with van der Waals surface area (Å²) in [4.78, 5) is 0. The highest BCUT2D eigenvalue weighted by atomic mass is 19.1. The van der Waals surface area contributed by atoms with Crippen LogP contribution in [-0.2, 0) is 0 Å². The lowest BCUT2D eigenvalue weighted by molar-refractivity contribution is 0.262. The van der Waals surface area contributed by atoms with Crippen LogP contribution in [0.2, 0.25) is 0 Å². The summed E-state index contributed by atoms with van der Waals surface area (Å²) in [5.41, 5.74) is 0.619. The highest BCUT2D eigenvalue weighted by molar-refractivity contribution is 5.28. The minimum absolute atomic E-state index is 0.189. The summed E-state index contributed by atoms with van der Waals surface area (Å²) >= 11 is 0. The first-order valence-electron chi connectivity index (χ1n) is 5.73. The molecule has 0 heterocycles. The topological polar surface area (TPSA) is 21.3 Å². The van der Waals surface area contributed by atoms with E-state index in [0.29, 0.717) is 18.2 Å². The van der Waals surface area contributed by atoms with Gasteiger partial charge in [-0.3, -0.25) is 0 Å². The number of rotatable bonds is 6. The molecule has 1 unspecified atom stereocenters. The van der Waals surface area contributed by atoms with Gasteiger partial charge in [0, 0.05) is 6.04 Å². The minimum Gasteiger partial charge on any atom is -0.492 e. The fraction of sp³-hybridized carbons (Fsp3) is 0.538. The van der Waals surface area contributed by atoms with Crippen LogP contribution in [0.25, 0.3) is 0 Å². The van der Waals surface area contributed by atoms with Crippen molar-refractivity contribution in [2.24, 2.45) is 0 Å². The lowest BCUT2D eigenvalue weighted by Gasteiger charge is -2.16. The SMILES string of the molecule is CCCC(COc1ccc(F)c(C)c1)NC. The number of hydrogen-bond donors (Lipinski definition) is 1. The van der Waals surface area contributed by atoms with Gasteiger partial charge in [-0.05, 0) is 44.2 Å². The maximum atomic E-state index is 13.0. The van der Waals surface area contributed by atoms with Gasteiger partial charge in [0.2, 0.25) is 0 Å². The molecule has 2 nitrogen and oxygen atoms in total. The molecule has 0 aromatic heterocycles. The third kappa shape index (κ3) is 3.81. The van der Waals surface area contributed by atoms with Gasteiger partial charge in [-0.25, -0.2) is 4.39 Å². The van der Waals surface area contributed by atoms with Crippen molar-refractivity contribution >= 4 is 0 Å². The number of likely N-dealkylation sites (N-methyl/N-ethyl adjacent to an activating group) is 1. The number of hydrogen-bond acceptors (Lipinski definition) is 2. The highest BCUT2D eigenvalue weighted by Crippen LogP contribution is 2.16. The number of ether oxygens (including phenoxy) is 1. The second-order valence-corrected chi connectivity index (χ2v) is 4.00. The molecule has 90 valence electrons. The molecule has 1 N–H and O–H groups in total. The van der Waals surface area contributed by atoms with Crippen LogP contribution >= 0.6 is 0 Å². The fourth-order valence-electron chi connectivity index (χ4n) is 1.56. The largest absolute Gasteiger partial charge is 0.492 e. The number of nitrogens with one attached hydrogen (secondary N) is 1. The lowest BCUT2D eigenvalue weighted by atomic mass is 10.2. The van der Waals surface area contributed by atoms with Gasteiger partial charge in [0.15, 0.2) is 0 Å². The van der Waals surface area contributed by atoms with Crippen LogP contribution in [-0.4, -0.2) is 19.7 Å². The van der Waals surface area contributed by atoms with Crippen molar-refractivity contribution in [1.29, 1.82) is 0 Å². The number of benzene rings is 1. The van der Waals surface area contributed by atoms with Crippen LogP contribution in [0, 0.1) is 12.7 Å². The van der Waals surface area contributed by atoms with E-state index in [0.717, 1.165) is 18.6 Å². The number of aryl methyl sites for hydroxylation is 1. The average Bonchev–Trinajstić information content (AvgIpc) is 2.28. The molecule has 0 radical (unpaired) electrons. The molecule has 16 heavy (non-hydrogen) atoms. The predicted octanol–water partition coefficient (Wildman–Crippen LogP) is 2.90. The van der Waals surface area contributed by atoms with Crippen LogP contribution in [0.1, 0.15) is 25.3 Å². The molecule has 0 aliphatic carbocycles. The zero-order chi connectivity index (χ0) is 12.0. The Morgan fingerprint density at radius 2 is 2.19 bits per heavy atom. The minimum atomic E-state index is -0.189. The lowest BCUT2D eigenvalue weighted by Crippen LogP contribution is -2.31. The standard InChI is InChI=1S/C13H20FNO/c1-4-5-11(15-3)9-16-12-6-7-13(14)10(2)8-12/h6-8,11,15H,4-5,9H2,1-3H3. The molecule has 0 spiro atoms. The summed E-state index contributed by atoms with van der Waals surface area (Å²) in [6, 6.07) is 5.20. The summed E-state index contributed by atoms with van der Waals surface area (Å²) in [6.07, 6.45) is 2.20. The van der Waals surface area contributed by atoms with E-state index in [1.807, 2.05) is 7.05 Å². The summed E-state index contributed by atoms with van der Waals surface area (Å²) in [5.74, 6) is 0.543. The van der Waals surface area contributed by atoms with Gasteiger partial charge in [-0.1, -0.05) is 13.3 Å². The second kappa shape index (κ2) is 6.48. The molecule has 0 aliphatic heterocycles. The summed E-state index contributed by atoms with van der Waals surface area (Å²) < 4.78 is 18.6. The monoisotopic (exact) mass is 225 g/mol. The summed E-state index contributed by atoms with van der Waals surface area (Å²) in [7, 11) is 1.93. The van der Waals surface area contributed by atoms with Gasteiger partial charge in [0.1, 0.15) is 18.2 Å². The van der Waals surface area contributed by atoms with Crippen LogP contribution in [0.5, 0.6) is 5.75 Å². The maximum absolute atomic E-state index is 13.0. The van der Waals surface area contributed by atoms with E-state index in [1.165, 1.54) is 6.07 Å². The Labute approximate surface area is 96.8 Å². The van der Waals surface area contributed by atoms with Gasteiger partial charge < -0.3 is 10.1 Å². The second-order valence-electron chi connectivity index (χ2n) is 4.00. The van der Waals surface area contributed by atoms with Crippen molar-refractivity contribution in [1.82, 2.24) is 5.32 Å². The molecule has 1 atom stereocenters. The van der Waals surface area contributed by atoms with Gasteiger partial charge in [-0.2, -0.15) is 0 Å². The van der Waals surface area contributed by atoms with E-state index >= 15 is 0 Å². The van der Waals surface area contributed by atoms with E-state index in [4.69, 9.17) is 4.74 Å². The van der Waals surface area contributed by atoms with E-state index in [1.54, 1.807) is 19.1 Å². The van der Waals surface area contributed by atoms with Crippen LogP contribution in [0.15, 0.2) is 18.2 Å². The van der Waals surface area contributed by atoms with E-state index in [2.05, 4.69) is 12.2 Å². The van der Waals surface area contributed by atoms with Crippen molar-refractivity contribution in [3.63, 3.8) is 0 Å². The summed E-state index contributed by atoms with van der Waals surface area (Å²) in [6.45, 7) is 4.51. The predicted molar refractivity (Wildman–Crippen MR) is 64.4 cm³/mol. The Kier molecular flexibility index (Phi) is 5.26. The Morgan fingerprint density at radius 1 is 1.44 bits per heavy atom. The maximum Gasteiger partial charge on any atom is 0.126 e. The Balaban J connectivity index is 2.50. The smallest absolute Gasteiger partial charge is 0.126 e. The molecule has 0 fully saturated rings. The van der Waals surface area contributed by atoms with E-state index < -0.39 is 0 Å². The van der Waals surface area contributed by atoms with Gasteiger partial charge in [0.05, 0.1) is 0 Å². The first-order chi connectivity index (χ1) is 7.67. The Bertz CT molecular complexity index is 328. The molecule has 1 rings (SSSR count). The third-order valence-electron chi connectivity index (χ3n) is 2.63. The van der Waals surface area contributed by atoms with E-state index in [9.17, 15) is 4.39 Å². The fourth-order valence-corrected chi connectivity index (χ4v) is 1.56. The van der Waals surface area contributed by atoms with Gasteiger partial charge in [0.25, 0.3) is 0 Å². The van der Waals surface area contributed by atoms with Crippen LogP contribution < -0.4 is 10.1 Å². The molecular formula is C13H20FNO.